The van der Waals surface area contributed by atoms with Crippen LogP contribution in [0.2, 0.25) is 0 Å². The predicted octanol–water partition coefficient (Wildman–Crippen LogP) is 3.49. The van der Waals surface area contributed by atoms with E-state index in [1.807, 2.05) is 0 Å². The molecule has 0 heterocycles. The summed E-state index contributed by atoms with van der Waals surface area (Å²) in [6, 6.07) is 0. The molecule has 0 spiro atoms. The first kappa shape index (κ1) is 24.0. The Morgan fingerprint density at radius 1 is 1.44 bits per heavy atom. The van der Waals surface area contributed by atoms with Gasteiger partial charge in [-0.2, -0.15) is 0 Å². The number of allylic oxidation sites excluding steroid dienone is 3. The molecule has 3 N–H and O–H groups in total. The third-order valence-electron chi connectivity index (χ3n) is 4.26. The van der Waals surface area contributed by atoms with Crippen LogP contribution >= 0.6 is 0 Å². The van der Waals surface area contributed by atoms with Crippen molar-refractivity contribution in [1.29, 1.82) is 0 Å². The van der Waals surface area contributed by atoms with E-state index >= 15 is 8.78 Å². The number of alkyl halides is 2. The van der Waals surface area contributed by atoms with Gasteiger partial charge in [-0.15, -0.1) is 4.72 Å². The van der Waals surface area contributed by atoms with Crippen molar-refractivity contribution in [3.63, 3.8) is 0 Å². The quantitative estimate of drug-likeness (QED) is 0.363. The number of carbonyl (C=O) groups excluding carboxylic acids is 1. The van der Waals surface area contributed by atoms with E-state index in [1.54, 1.807) is 34.6 Å². The summed E-state index contributed by atoms with van der Waals surface area (Å²) >= 11 is -2.00. The SMILES string of the molecule is CCOC(=O)CCC(F)(F)C(N)(N[S+]([O-])C(C)(C)C)C1=C(F)C=CCC1C. The molecule has 3 atom stereocenters. The Bertz CT molecular complexity index is 605. The molecule has 156 valence electrons. The van der Waals surface area contributed by atoms with Crippen LogP contribution in [0, 0.1) is 5.92 Å². The van der Waals surface area contributed by atoms with Crippen LogP contribution in [0.25, 0.3) is 0 Å². The van der Waals surface area contributed by atoms with Gasteiger partial charge < -0.3 is 15.0 Å². The molecule has 1 aliphatic carbocycles. The maximum absolute atomic E-state index is 15.2. The van der Waals surface area contributed by atoms with Gasteiger partial charge in [0.1, 0.15) is 10.6 Å². The third-order valence-corrected chi connectivity index (χ3v) is 5.88. The van der Waals surface area contributed by atoms with Crippen LogP contribution < -0.4 is 10.5 Å². The maximum atomic E-state index is 15.2. The van der Waals surface area contributed by atoms with Crippen LogP contribution in [0.5, 0.6) is 0 Å². The molecule has 0 aromatic carbocycles. The summed E-state index contributed by atoms with van der Waals surface area (Å²) < 4.78 is 63.5. The molecular formula is C18H29F3N2O3S. The molecular weight excluding hydrogens is 381 g/mol. The van der Waals surface area contributed by atoms with Gasteiger partial charge in [-0.05, 0) is 46.1 Å². The Morgan fingerprint density at radius 2 is 2.04 bits per heavy atom. The fourth-order valence-electron chi connectivity index (χ4n) is 2.71. The Balaban J connectivity index is 3.32. The summed E-state index contributed by atoms with van der Waals surface area (Å²) in [5.74, 6) is -6.07. The van der Waals surface area contributed by atoms with E-state index in [9.17, 15) is 13.7 Å². The highest BCUT2D eigenvalue weighted by Crippen LogP contribution is 2.43. The van der Waals surface area contributed by atoms with Crippen LogP contribution in [-0.4, -0.2) is 33.5 Å². The summed E-state index contributed by atoms with van der Waals surface area (Å²) in [6.45, 7) is 7.95. The number of hydrogen-bond acceptors (Lipinski definition) is 5. The largest absolute Gasteiger partial charge is 0.598 e. The van der Waals surface area contributed by atoms with Crippen LogP contribution in [0.15, 0.2) is 23.6 Å². The Hall–Kier alpha value is -1.03. The molecule has 0 fully saturated rings. The highest BCUT2D eigenvalue weighted by Gasteiger charge is 2.59. The second kappa shape index (κ2) is 8.98. The molecule has 1 aliphatic rings. The van der Waals surface area contributed by atoms with E-state index in [0.717, 1.165) is 6.08 Å². The number of nitrogens with two attached hydrogens (primary N) is 1. The van der Waals surface area contributed by atoms with E-state index < -0.39 is 58.3 Å². The van der Waals surface area contributed by atoms with E-state index in [2.05, 4.69) is 9.46 Å². The zero-order valence-electron chi connectivity index (χ0n) is 16.4. The van der Waals surface area contributed by atoms with Gasteiger partial charge in [0.05, 0.1) is 13.0 Å². The number of ether oxygens (including phenoxy) is 1. The van der Waals surface area contributed by atoms with Crippen LogP contribution in [0.1, 0.15) is 53.9 Å². The monoisotopic (exact) mass is 410 g/mol. The molecule has 0 aromatic rings. The normalized spacial score (nSPS) is 21.8. The lowest BCUT2D eigenvalue weighted by atomic mass is 9.80. The summed E-state index contributed by atoms with van der Waals surface area (Å²) in [6.07, 6.45) is 1.37. The number of halogens is 3. The molecule has 0 saturated carbocycles. The van der Waals surface area contributed by atoms with Gasteiger partial charge in [0, 0.05) is 23.4 Å². The molecule has 0 bridgehead atoms. The number of esters is 1. The Morgan fingerprint density at radius 3 is 2.52 bits per heavy atom. The van der Waals surface area contributed by atoms with Crippen molar-refractivity contribution in [3.05, 3.63) is 23.6 Å². The summed E-state index contributed by atoms with van der Waals surface area (Å²) in [5.41, 5.74) is 2.98. The average molecular weight is 411 g/mol. The maximum Gasteiger partial charge on any atom is 0.305 e. The first-order valence-corrected chi connectivity index (χ1v) is 10.00. The lowest BCUT2D eigenvalue weighted by molar-refractivity contribution is -0.147. The van der Waals surface area contributed by atoms with Crippen molar-refractivity contribution in [2.45, 2.75) is 70.2 Å². The lowest BCUT2D eigenvalue weighted by Crippen LogP contribution is -2.70. The number of carbonyl (C=O) groups is 1. The Kier molecular flexibility index (Phi) is 7.99. The summed E-state index contributed by atoms with van der Waals surface area (Å²) in [7, 11) is 0. The summed E-state index contributed by atoms with van der Waals surface area (Å²) in [4.78, 5) is 11.5. The van der Waals surface area contributed by atoms with Crippen molar-refractivity contribution < 1.29 is 27.3 Å². The van der Waals surface area contributed by atoms with Gasteiger partial charge in [0.2, 0.25) is 0 Å². The number of hydrogen-bond donors (Lipinski definition) is 2. The van der Waals surface area contributed by atoms with Crippen molar-refractivity contribution in [3.8, 4) is 0 Å². The molecule has 1 rings (SSSR count). The molecule has 0 aromatic heterocycles. The van der Waals surface area contributed by atoms with Gasteiger partial charge >= 0.3 is 5.97 Å². The van der Waals surface area contributed by atoms with E-state index in [4.69, 9.17) is 5.73 Å². The third kappa shape index (κ3) is 5.73. The molecule has 0 radical (unpaired) electrons. The molecule has 27 heavy (non-hydrogen) atoms. The summed E-state index contributed by atoms with van der Waals surface area (Å²) in [5, 5.41) is 0. The van der Waals surface area contributed by atoms with Gasteiger partial charge in [0.25, 0.3) is 5.92 Å². The Labute approximate surface area is 161 Å². The topological polar surface area (TPSA) is 87.4 Å². The minimum atomic E-state index is -3.76. The second-order valence-corrected chi connectivity index (χ2v) is 9.57. The van der Waals surface area contributed by atoms with Gasteiger partial charge in [-0.1, -0.05) is 13.0 Å². The van der Waals surface area contributed by atoms with Crippen molar-refractivity contribution in [2.75, 3.05) is 6.61 Å². The fraction of sp³-hybridized carbons (Fsp3) is 0.722. The molecule has 9 heteroatoms. The van der Waals surface area contributed by atoms with Crippen LogP contribution in [0.3, 0.4) is 0 Å². The molecule has 5 nitrogen and oxygen atoms in total. The van der Waals surface area contributed by atoms with E-state index in [0.29, 0.717) is 6.42 Å². The minimum absolute atomic E-state index is 0.0616. The van der Waals surface area contributed by atoms with Crippen molar-refractivity contribution in [1.82, 2.24) is 4.72 Å². The number of nitrogens with one attached hydrogen (secondary N) is 1. The van der Waals surface area contributed by atoms with Gasteiger partial charge in [-0.3, -0.25) is 4.79 Å². The smallest absolute Gasteiger partial charge is 0.305 e. The van der Waals surface area contributed by atoms with E-state index in [1.165, 1.54) is 6.08 Å². The first-order chi connectivity index (χ1) is 12.3. The molecule has 3 unspecified atom stereocenters. The van der Waals surface area contributed by atoms with Crippen LogP contribution in [0.4, 0.5) is 13.2 Å². The zero-order chi connectivity index (χ0) is 21.0. The van der Waals surface area contributed by atoms with E-state index in [-0.39, 0.29) is 12.2 Å². The van der Waals surface area contributed by atoms with Crippen molar-refractivity contribution >= 4 is 17.3 Å². The van der Waals surface area contributed by atoms with Gasteiger partial charge in [0.15, 0.2) is 5.66 Å². The molecule has 0 aliphatic heterocycles. The zero-order valence-corrected chi connectivity index (χ0v) is 17.2. The van der Waals surface area contributed by atoms with Gasteiger partial charge in [-0.25, -0.2) is 13.2 Å². The second-order valence-electron chi connectivity index (χ2n) is 7.60. The lowest BCUT2D eigenvalue weighted by Gasteiger charge is -2.43. The standard InChI is InChI=1S/C18H29F3N2O3S/c1-6-26-14(24)10-11-17(20,21)18(22,23-27(25)16(3,4)5)15-12(2)8-7-9-13(15)19/h7,9,12,23H,6,8,10-11,22H2,1-5H3. The molecule has 0 saturated heterocycles. The molecule has 0 amide bonds. The highest BCUT2D eigenvalue weighted by atomic mass is 32.2. The number of rotatable bonds is 8. The minimum Gasteiger partial charge on any atom is -0.598 e. The van der Waals surface area contributed by atoms with Crippen molar-refractivity contribution in [2.24, 2.45) is 11.7 Å². The average Bonchev–Trinajstić information content (AvgIpc) is 2.52. The first-order valence-electron chi connectivity index (χ1n) is 8.85. The van der Waals surface area contributed by atoms with Crippen LogP contribution in [-0.2, 0) is 20.9 Å². The highest BCUT2D eigenvalue weighted by molar-refractivity contribution is 7.90. The predicted molar refractivity (Wildman–Crippen MR) is 99.8 cm³/mol. The fourth-order valence-corrected chi connectivity index (χ4v) is 3.57.